The Morgan fingerprint density at radius 3 is 2.79 bits per heavy atom. The standard InChI is InChI=1S/C17H18N4OS2/c1-21-10-12(9-18-21)3-8-16(22)20-17-19-15(11-24-17)13-4-6-14(23-2)7-5-13/h4-7,9-11H,3,8H2,1-2H3,(H,19,20,22). The highest BCUT2D eigenvalue weighted by Gasteiger charge is 2.09. The molecule has 2 aromatic heterocycles. The lowest BCUT2D eigenvalue weighted by Crippen LogP contribution is -2.12. The fourth-order valence-corrected chi connectivity index (χ4v) is 3.41. The largest absolute Gasteiger partial charge is 0.302 e. The van der Waals surface area contributed by atoms with E-state index >= 15 is 0 Å². The summed E-state index contributed by atoms with van der Waals surface area (Å²) < 4.78 is 1.74. The molecule has 5 nitrogen and oxygen atoms in total. The molecule has 3 rings (SSSR count). The van der Waals surface area contributed by atoms with Crippen molar-refractivity contribution in [2.75, 3.05) is 11.6 Å². The lowest BCUT2D eigenvalue weighted by molar-refractivity contribution is -0.116. The third kappa shape index (κ3) is 4.24. The first-order valence-electron chi connectivity index (χ1n) is 7.51. The minimum absolute atomic E-state index is 0.0301. The van der Waals surface area contributed by atoms with Gasteiger partial charge in [0.2, 0.25) is 5.91 Å². The minimum Gasteiger partial charge on any atom is -0.302 e. The van der Waals surface area contributed by atoms with Crippen LogP contribution < -0.4 is 5.32 Å². The number of aryl methyl sites for hydroxylation is 2. The van der Waals surface area contributed by atoms with Crippen molar-refractivity contribution in [3.8, 4) is 11.3 Å². The van der Waals surface area contributed by atoms with Crippen LogP contribution in [0.5, 0.6) is 0 Å². The number of anilines is 1. The van der Waals surface area contributed by atoms with E-state index in [0.717, 1.165) is 16.8 Å². The van der Waals surface area contributed by atoms with Gasteiger partial charge in [-0.15, -0.1) is 23.1 Å². The number of carbonyl (C=O) groups excluding carboxylic acids is 1. The Bertz CT molecular complexity index is 823. The summed E-state index contributed by atoms with van der Waals surface area (Å²) in [6.07, 6.45) is 6.86. The van der Waals surface area contributed by atoms with Gasteiger partial charge in [0.05, 0.1) is 11.9 Å². The first-order chi connectivity index (χ1) is 11.6. The molecule has 0 spiro atoms. The molecule has 0 unspecified atom stereocenters. The van der Waals surface area contributed by atoms with Gasteiger partial charge in [-0.2, -0.15) is 5.10 Å². The molecule has 2 heterocycles. The van der Waals surface area contributed by atoms with E-state index in [9.17, 15) is 4.79 Å². The van der Waals surface area contributed by atoms with Crippen LogP contribution in [-0.4, -0.2) is 26.9 Å². The maximum atomic E-state index is 12.0. The number of thioether (sulfide) groups is 1. The lowest BCUT2D eigenvalue weighted by Gasteiger charge is -2.01. The summed E-state index contributed by atoms with van der Waals surface area (Å²) in [4.78, 5) is 17.8. The number of nitrogens with one attached hydrogen (secondary N) is 1. The highest BCUT2D eigenvalue weighted by molar-refractivity contribution is 7.98. The van der Waals surface area contributed by atoms with Gasteiger partial charge in [-0.3, -0.25) is 9.48 Å². The monoisotopic (exact) mass is 358 g/mol. The quantitative estimate of drug-likeness (QED) is 0.680. The molecule has 1 amide bonds. The zero-order valence-electron chi connectivity index (χ0n) is 13.5. The van der Waals surface area contributed by atoms with Gasteiger partial charge in [-0.1, -0.05) is 12.1 Å². The van der Waals surface area contributed by atoms with E-state index in [1.807, 2.05) is 18.6 Å². The van der Waals surface area contributed by atoms with Crippen LogP contribution in [-0.2, 0) is 18.3 Å². The van der Waals surface area contributed by atoms with Crippen LogP contribution in [0.1, 0.15) is 12.0 Å². The minimum atomic E-state index is -0.0301. The van der Waals surface area contributed by atoms with Gasteiger partial charge < -0.3 is 5.32 Å². The van der Waals surface area contributed by atoms with Crippen molar-refractivity contribution >= 4 is 34.1 Å². The molecule has 0 aliphatic rings. The van der Waals surface area contributed by atoms with Gasteiger partial charge in [0.1, 0.15) is 0 Å². The van der Waals surface area contributed by atoms with Gasteiger partial charge in [0, 0.05) is 35.5 Å². The third-order valence-electron chi connectivity index (χ3n) is 3.54. The second kappa shape index (κ2) is 7.63. The Hall–Kier alpha value is -2.12. The molecule has 24 heavy (non-hydrogen) atoms. The first kappa shape index (κ1) is 16.7. The van der Waals surface area contributed by atoms with Crippen molar-refractivity contribution in [2.24, 2.45) is 7.05 Å². The van der Waals surface area contributed by atoms with Crippen molar-refractivity contribution in [3.05, 3.63) is 47.6 Å². The van der Waals surface area contributed by atoms with Gasteiger partial charge in [0.15, 0.2) is 5.13 Å². The molecule has 0 aliphatic heterocycles. The fraction of sp³-hybridized carbons (Fsp3) is 0.235. The summed E-state index contributed by atoms with van der Waals surface area (Å²) in [6, 6.07) is 8.25. The Labute approximate surface area is 149 Å². The van der Waals surface area contributed by atoms with Crippen LogP contribution in [0, 0.1) is 0 Å². The van der Waals surface area contributed by atoms with Crippen LogP contribution in [0.3, 0.4) is 0 Å². The summed E-state index contributed by atoms with van der Waals surface area (Å²) in [5.74, 6) is -0.0301. The molecular formula is C17H18N4OS2. The van der Waals surface area contributed by atoms with Crippen LogP contribution in [0.2, 0.25) is 0 Å². The molecule has 0 bridgehead atoms. The van der Waals surface area contributed by atoms with Crippen LogP contribution in [0.15, 0.2) is 46.9 Å². The topological polar surface area (TPSA) is 59.8 Å². The number of hydrogen-bond acceptors (Lipinski definition) is 5. The molecule has 7 heteroatoms. The van der Waals surface area contributed by atoms with Crippen molar-refractivity contribution in [3.63, 3.8) is 0 Å². The molecule has 1 aromatic carbocycles. The maximum absolute atomic E-state index is 12.0. The van der Waals surface area contributed by atoms with Gasteiger partial charge in [0.25, 0.3) is 0 Å². The molecule has 0 saturated carbocycles. The molecule has 0 aliphatic carbocycles. The third-order valence-corrected chi connectivity index (χ3v) is 5.04. The molecule has 1 N–H and O–H groups in total. The van der Waals surface area contributed by atoms with E-state index < -0.39 is 0 Å². The van der Waals surface area contributed by atoms with Crippen molar-refractivity contribution in [1.29, 1.82) is 0 Å². The van der Waals surface area contributed by atoms with Crippen LogP contribution in [0.4, 0.5) is 5.13 Å². The number of thiazole rings is 1. The number of aromatic nitrogens is 3. The number of benzene rings is 1. The highest BCUT2D eigenvalue weighted by atomic mass is 32.2. The number of rotatable bonds is 6. The van der Waals surface area contributed by atoms with E-state index in [1.165, 1.54) is 16.2 Å². The summed E-state index contributed by atoms with van der Waals surface area (Å²) in [6.45, 7) is 0. The van der Waals surface area contributed by atoms with Crippen molar-refractivity contribution in [1.82, 2.24) is 14.8 Å². The number of carbonyl (C=O) groups is 1. The Kier molecular flexibility index (Phi) is 5.32. The van der Waals surface area contributed by atoms with Gasteiger partial charge in [-0.25, -0.2) is 4.98 Å². The predicted molar refractivity (Wildman–Crippen MR) is 99.5 cm³/mol. The zero-order chi connectivity index (χ0) is 16.9. The van der Waals surface area contributed by atoms with E-state index in [0.29, 0.717) is 18.0 Å². The van der Waals surface area contributed by atoms with E-state index in [4.69, 9.17) is 0 Å². The second-order valence-corrected chi connectivity index (χ2v) is 7.07. The SMILES string of the molecule is CSc1ccc(-c2csc(NC(=O)CCc3cnn(C)c3)n2)cc1. The number of nitrogens with zero attached hydrogens (tertiary/aromatic N) is 3. The summed E-state index contributed by atoms with van der Waals surface area (Å²) in [5, 5.41) is 9.57. The molecule has 3 aromatic rings. The average molecular weight is 358 g/mol. The summed E-state index contributed by atoms with van der Waals surface area (Å²) in [7, 11) is 1.87. The van der Waals surface area contributed by atoms with Crippen LogP contribution >= 0.6 is 23.1 Å². The normalized spacial score (nSPS) is 10.8. The Balaban J connectivity index is 1.57. The van der Waals surface area contributed by atoms with Crippen LogP contribution in [0.25, 0.3) is 11.3 Å². The molecule has 0 fully saturated rings. The van der Waals surface area contributed by atoms with Crippen molar-refractivity contribution in [2.45, 2.75) is 17.7 Å². The predicted octanol–water partition coefficient (Wildman–Crippen LogP) is 3.84. The Morgan fingerprint density at radius 1 is 1.33 bits per heavy atom. The molecular weight excluding hydrogens is 340 g/mol. The van der Waals surface area contributed by atoms with E-state index in [1.54, 1.807) is 22.6 Å². The summed E-state index contributed by atoms with van der Waals surface area (Å²) >= 11 is 3.15. The number of amides is 1. The number of hydrogen-bond donors (Lipinski definition) is 1. The molecule has 0 saturated heterocycles. The van der Waals surface area contributed by atoms with Crippen molar-refractivity contribution < 1.29 is 4.79 Å². The van der Waals surface area contributed by atoms with E-state index in [2.05, 4.69) is 45.9 Å². The zero-order valence-corrected chi connectivity index (χ0v) is 15.2. The molecule has 0 atom stereocenters. The first-order valence-corrected chi connectivity index (χ1v) is 9.62. The van der Waals surface area contributed by atoms with Gasteiger partial charge in [-0.05, 0) is 30.4 Å². The Morgan fingerprint density at radius 2 is 2.12 bits per heavy atom. The highest BCUT2D eigenvalue weighted by Crippen LogP contribution is 2.26. The second-order valence-electron chi connectivity index (χ2n) is 5.34. The van der Waals surface area contributed by atoms with E-state index in [-0.39, 0.29) is 5.91 Å². The molecule has 124 valence electrons. The van der Waals surface area contributed by atoms with Gasteiger partial charge >= 0.3 is 0 Å². The summed E-state index contributed by atoms with van der Waals surface area (Å²) in [5.41, 5.74) is 3.00. The maximum Gasteiger partial charge on any atom is 0.226 e. The molecule has 0 radical (unpaired) electrons. The average Bonchev–Trinajstić information content (AvgIpc) is 3.22. The lowest BCUT2D eigenvalue weighted by atomic mass is 10.2. The fourth-order valence-electron chi connectivity index (χ4n) is 2.27. The smallest absolute Gasteiger partial charge is 0.226 e.